The first-order valence-electron chi connectivity index (χ1n) is 12.7. The van der Waals surface area contributed by atoms with Gasteiger partial charge >= 0.3 is 3.12 Å². The topological polar surface area (TPSA) is 111 Å². The number of aromatic nitrogens is 1. The third-order valence-corrected chi connectivity index (χ3v) is 10.3. The lowest BCUT2D eigenvalue weighted by molar-refractivity contribution is -0.135. The first kappa shape index (κ1) is 28.3. The van der Waals surface area contributed by atoms with Crippen LogP contribution in [0.1, 0.15) is 53.9 Å². The van der Waals surface area contributed by atoms with E-state index in [-0.39, 0.29) is 23.9 Å². The van der Waals surface area contributed by atoms with E-state index >= 15 is 0 Å². The van der Waals surface area contributed by atoms with Gasteiger partial charge in [0.05, 0.1) is 37.0 Å². The van der Waals surface area contributed by atoms with E-state index in [4.69, 9.17) is 44.0 Å². The number of sulfonamides is 1. The molecule has 39 heavy (non-hydrogen) atoms. The number of carbonyl (C=O) groups excluding carboxylic acids is 2. The fourth-order valence-corrected chi connectivity index (χ4v) is 6.31. The van der Waals surface area contributed by atoms with Crippen molar-refractivity contribution in [3.05, 3.63) is 47.9 Å². The first-order chi connectivity index (χ1) is 18.6. The number of hydrogen-bond acceptors (Lipinski definition) is 6. The molecule has 1 aliphatic carbocycles. The Labute approximate surface area is 241 Å². The summed E-state index contributed by atoms with van der Waals surface area (Å²) in [5.41, 5.74) is 3.46. The minimum absolute atomic E-state index is 0.0290. The van der Waals surface area contributed by atoms with Crippen LogP contribution in [0, 0.1) is 0 Å². The zero-order chi connectivity index (χ0) is 27.8. The second-order valence-electron chi connectivity index (χ2n) is 9.80. The molecule has 1 N–H and O–H groups in total. The molecule has 9 nitrogen and oxygen atoms in total. The number of fused-ring (bicyclic) bond motifs is 1. The number of nitrogens with one attached hydrogen (secondary N) is 1. The average molecular weight is 617 g/mol. The zero-order valence-corrected chi connectivity index (χ0v) is 24.1. The maximum Gasteiger partial charge on any atom is 0.311 e. The Morgan fingerprint density at radius 3 is 2.41 bits per heavy atom. The predicted octanol–water partition coefficient (Wildman–Crippen LogP) is 5.20. The van der Waals surface area contributed by atoms with Crippen molar-refractivity contribution < 1.29 is 27.2 Å². The highest BCUT2D eigenvalue weighted by atomic mass is 35.6. The number of ether oxygens (including phenoxy) is 1. The summed E-state index contributed by atoms with van der Waals surface area (Å²) in [5, 5.41) is 0.897. The number of alkyl halides is 3. The maximum absolute atomic E-state index is 13.5. The maximum atomic E-state index is 13.5. The summed E-state index contributed by atoms with van der Waals surface area (Å²) in [6.45, 7) is 1.97. The second kappa shape index (κ2) is 11.3. The van der Waals surface area contributed by atoms with Crippen molar-refractivity contribution in [1.29, 1.82) is 0 Å². The number of nitrogens with zero attached hydrogens (tertiary/aromatic N) is 2. The van der Waals surface area contributed by atoms with Gasteiger partial charge in [-0.1, -0.05) is 60.1 Å². The lowest BCUT2D eigenvalue weighted by atomic mass is 9.82. The summed E-state index contributed by atoms with van der Waals surface area (Å²) in [6, 6.07) is 6.79. The Morgan fingerprint density at radius 2 is 1.77 bits per heavy atom. The highest BCUT2D eigenvalue weighted by Gasteiger charge is 2.39. The quantitative estimate of drug-likeness (QED) is 0.382. The fourth-order valence-electron chi connectivity index (χ4n) is 5.48. The summed E-state index contributed by atoms with van der Waals surface area (Å²) >= 11 is 16.6. The number of hydrogen-bond donors (Lipinski definition) is 1. The van der Waals surface area contributed by atoms with Gasteiger partial charge in [-0.3, -0.25) is 9.59 Å². The molecule has 13 heteroatoms. The molecule has 0 unspecified atom stereocenters. The van der Waals surface area contributed by atoms with E-state index in [9.17, 15) is 18.0 Å². The van der Waals surface area contributed by atoms with E-state index in [2.05, 4.69) is 0 Å². The summed E-state index contributed by atoms with van der Waals surface area (Å²) in [4.78, 5) is 28.2. The van der Waals surface area contributed by atoms with Crippen molar-refractivity contribution in [3.63, 3.8) is 0 Å². The minimum atomic E-state index is -4.59. The highest BCUT2D eigenvalue weighted by Crippen LogP contribution is 2.44. The van der Waals surface area contributed by atoms with Gasteiger partial charge in [-0.15, -0.1) is 0 Å². The number of furan rings is 1. The van der Waals surface area contributed by atoms with E-state index in [1.807, 2.05) is 15.4 Å². The van der Waals surface area contributed by atoms with Gasteiger partial charge in [0.15, 0.2) is 0 Å². The van der Waals surface area contributed by atoms with Crippen LogP contribution in [0.5, 0.6) is 0 Å². The van der Waals surface area contributed by atoms with Crippen molar-refractivity contribution in [2.75, 3.05) is 26.3 Å². The molecule has 2 fully saturated rings. The van der Waals surface area contributed by atoms with Crippen molar-refractivity contribution in [2.24, 2.45) is 0 Å². The van der Waals surface area contributed by atoms with Gasteiger partial charge in [0, 0.05) is 29.6 Å². The Morgan fingerprint density at radius 1 is 1.05 bits per heavy atom. The summed E-state index contributed by atoms with van der Waals surface area (Å²) in [6.07, 6.45) is 8.63. The molecule has 1 aromatic carbocycles. The van der Waals surface area contributed by atoms with Gasteiger partial charge in [0.2, 0.25) is 5.91 Å². The van der Waals surface area contributed by atoms with Crippen LogP contribution in [-0.2, 0) is 26.1 Å². The monoisotopic (exact) mass is 615 g/mol. The van der Waals surface area contributed by atoms with E-state index in [0.717, 1.165) is 47.9 Å². The number of carbonyl (C=O) groups is 2. The second-order valence-corrected chi connectivity index (χ2v) is 14.6. The molecule has 0 atom stereocenters. The molecule has 3 aromatic rings. The van der Waals surface area contributed by atoms with Crippen LogP contribution in [0.15, 0.2) is 41.2 Å². The summed E-state index contributed by atoms with van der Waals surface area (Å²) < 4.78 is 36.5. The van der Waals surface area contributed by atoms with E-state index in [1.165, 1.54) is 6.42 Å². The molecule has 5 rings (SSSR count). The number of benzene rings is 1. The molecule has 0 radical (unpaired) electrons. The molecule has 3 heterocycles. The van der Waals surface area contributed by atoms with Crippen LogP contribution < -0.4 is 4.72 Å². The van der Waals surface area contributed by atoms with Gasteiger partial charge < -0.3 is 18.6 Å². The third kappa shape index (κ3) is 5.81. The summed E-state index contributed by atoms with van der Waals surface area (Å²) in [7, 11) is -4.59. The van der Waals surface area contributed by atoms with E-state index < -0.39 is 19.1 Å². The van der Waals surface area contributed by atoms with Crippen molar-refractivity contribution in [1.82, 2.24) is 14.2 Å². The third-order valence-electron chi connectivity index (χ3n) is 7.36. The number of morpholine rings is 1. The van der Waals surface area contributed by atoms with Crippen LogP contribution in [0.3, 0.4) is 0 Å². The predicted molar refractivity (Wildman–Crippen MR) is 150 cm³/mol. The molecule has 0 spiro atoms. The molecule has 0 bridgehead atoms. The van der Waals surface area contributed by atoms with Gasteiger partial charge in [-0.2, -0.15) is 0 Å². The molecule has 2 amide bonds. The molecule has 1 saturated heterocycles. The number of rotatable bonds is 6. The van der Waals surface area contributed by atoms with Crippen LogP contribution in [0.25, 0.3) is 22.2 Å². The fraction of sp³-hybridized carbons (Fsp3) is 0.462. The molecule has 1 saturated carbocycles. The van der Waals surface area contributed by atoms with Crippen molar-refractivity contribution in [2.45, 2.75) is 47.7 Å². The normalized spacial score (nSPS) is 17.5. The van der Waals surface area contributed by atoms with Crippen LogP contribution in [0.2, 0.25) is 0 Å². The lowest BCUT2D eigenvalue weighted by Crippen LogP contribution is -2.42. The van der Waals surface area contributed by atoms with Crippen molar-refractivity contribution in [3.8, 4) is 11.3 Å². The average Bonchev–Trinajstić information content (AvgIpc) is 3.55. The molecule has 2 aromatic heterocycles. The standard InChI is InChI=1S/C26H28Cl3N3O6S/c27-26(28,29)39(35,36)30-25(34)18-6-7-20-21(14-18)32(15-22(33)31-9-12-37-13-10-31)24(19-8-11-38-16-19)23(20)17-4-2-1-3-5-17/h6-8,11,14,16-17H,1-5,9-10,12-13,15H2,(H,30,34). The van der Waals surface area contributed by atoms with Gasteiger partial charge in [0.1, 0.15) is 6.54 Å². The van der Waals surface area contributed by atoms with Crippen LogP contribution >= 0.6 is 34.8 Å². The molecular formula is C26H28Cl3N3O6S. The van der Waals surface area contributed by atoms with Gasteiger partial charge in [-0.25, -0.2) is 13.1 Å². The molecule has 210 valence electrons. The molecule has 1 aliphatic heterocycles. The Bertz CT molecular complexity index is 1470. The Balaban J connectivity index is 1.65. The van der Waals surface area contributed by atoms with Gasteiger partial charge in [-0.05, 0) is 42.5 Å². The first-order valence-corrected chi connectivity index (χ1v) is 15.4. The Hall–Kier alpha value is -2.24. The van der Waals surface area contributed by atoms with Crippen LogP contribution in [0.4, 0.5) is 0 Å². The number of halogens is 3. The number of amides is 2. The SMILES string of the molecule is O=C(NS(=O)(=O)C(Cl)(Cl)Cl)c1ccc2c(C3CCCCC3)c(-c3ccoc3)n(CC(=O)N3CCOCC3)c2c1. The highest BCUT2D eigenvalue weighted by molar-refractivity contribution is 7.95. The Kier molecular flexibility index (Phi) is 8.22. The van der Waals surface area contributed by atoms with E-state index in [0.29, 0.717) is 31.8 Å². The van der Waals surface area contributed by atoms with E-state index in [1.54, 1.807) is 35.6 Å². The zero-order valence-electron chi connectivity index (χ0n) is 21.0. The van der Waals surface area contributed by atoms with Crippen LogP contribution in [-0.4, -0.2) is 59.1 Å². The molecule has 2 aliphatic rings. The summed E-state index contributed by atoms with van der Waals surface area (Å²) in [5.74, 6) is -0.765. The van der Waals surface area contributed by atoms with Crippen molar-refractivity contribution >= 4 is 67.5 Å². The lowest BCUT2D eigenvalue weighted by Gasteiger charge is -2.27. The largest absolute Gasteiger partial charge is 0.472 e. The molecular weight excluding hydrogens is 589 g/mol. The smallest absolute Gasteiger partial charge is 0.311 e. The minimum Gasteiger partial charge on any atom is -0.472 e. The van der Waals surface area contributed by atoms with Gasteiger partial charge in [0.25, 0.3) is 15.9 Å².